The highest BCUT2D eigenvalue weighted by Gasteiger charge is 2.11. The van der Waals surface area contributed by atoms with Crippen molar-refractivity contribution in [3.8, 4) is 0 Å². The first-order valence-electron chi connectivity index (χ1n) is 5.45. The third-order valence-electron chi connectivity index (χ3n) is 2.46. The highest BCUT2D eigenvalue weighted by Crippen LogP contribution is 2.04. The zero-order chi connectivity index (χ0) is 12.1. The highest BCUT2D eigenvalue weighted by molar-refractivity contribution is 5.93. The first kappa shape index (κ1) is 12.7. The molecule has 0 spiro atoms. The van der Waals surface area contributed by atoms with Crippen molar-refractivity contribution in [3.05, 3.63) is 18.0 Å². The van der Waals surface area contributed by atoms with Gasteiger partial charge in [-0.05, 0) is 12.3 Å². The maximum Gasteiger partial charge on any atom is 0.254 e. The largest absolute Gasteiger partial charge is 0.393 e. The van der Waals surface area contributed by atoms with Gasteiger partial charge >= 0.3 is 0 Å². The fourth-order valence-electron chi connectivity index (χ4n) is 1.31. The van der Waals surface area contributed by atoms with E-state index in [2.05, 4.69) is 10.4 Å². The number of rotatable bonds is 5. The van der Waals surface area contributed by atoms with Gasteiger partial charge in [-0.1, -0.05) is 13.8 Å². The predicted molar refractivity (Wildman–Crippen MR) is 61.0 cm³/mol. The van der Waals surface area contributed by atoms with Gasteiger partial charge in [-0.15, -0.1) is 0 Å². The number of amides is 1. The van der Waals surface area contributed by atoms with E-state index in [1.54, 1.807) is 17.9 Å². The molecule has 16 heavy (non-hydrogen) atoms. The summed E-state index contributed by atoms with van der Waals surface area (Å²) in [5, 5.41) is 16.2. The van der Waals surface area contributed by atoms with E-state index in [9.17, 15) is 9.90 Å². The Morgan fingerprint density at radius 3 is 2.81 bits per heavy atom. The van der Waals surface area contributed by atoms with Crippen LogP contribution in [0.25, 0.3) is 0 Å². The second-order valence-electron chi connectivity index (χ2n) is 4.26. The van der Waals surface area contributed by atoms with E-state index in [0.717, 1.165) is 0 Å². The summed E-state index contributed by atoms with van der Waals surface area (Å²) in [5.74, 6) is 0.0688. The van der Waals surface area contributed by atoms with Gasteiger partial charge < -0.3 is 10.4 Å². The molecule has 1 rings (SSSR count). The van der Waals surface area contributed by atoms with Crippen molar-refractivity contribution in [2.75, 3.05) is 6.54 Å². The van der Waals surface area contributed by atoms with E-state index in [-0.39, 0.29) is 17.9 Å². The molecular weight excluding hydrogens is 206 g/mol. The molecule has 0 aliphatic carbocycles. The van der Waals surface area contributed by atoms with E-state index in [1.165, 1.54) is 6.20 Å². The molecule has 5 heteroatoms. The van der Waals surface area contributed by atoms with Gasteiger partial charge in [-0.3, -0.25) is 9.48 Å². The number of nitrogens with one attached hydrogen (secondary N) is 1. The molecule has 0 saturated carbocycles. The number of aromatic nitrogens is 2. The van der Waals surface area contributed by atoms with E-state index >= 15 is 0 Å². The van der Waals surface area contributed by atoms with Crippen LogP contribution in [0.2, 0.25) is 0 Å². The lowest BCUT2D eigenvalue weighted by molar-refractivity contribution is 0.0920. The standard InChI is InChI=1S/C11H19N3O2/c1-8(2)10(15)4-5-12-11(16)9-6-13-14(3)7-9/h6-8,10,15H,4-5H2,1-3H3,(H,12,16). The van der Waals surface area contributed by atoms with Gasteiger partial charge in [0.1, 0.15) is 0 Å². The molecule has 1 aromatic heterocycles. The number of aliphatic hydroxyl groups is 1. The first-order valence-corrected chi connectivity index (χ1v) is 5.45. The zero-order valence-electron chi connectivity index (χ0n) is 9.97. The Labute approximate surface area is 95.5 Å². The number of carbonyl (C=O) groups excluding carboxylic acids is 1. The molecule has 2 N–H and O–H groups in total. The minimum atomic E-state index is -0.366. The number of aliphatic hydroxyl groups excluding tert-OH is 1. The van der Waals surface area contributed by atoms with Crippen molar-refractivity contribution in [1.29, 1.82) is 0 Å². The Hall–Kier alpha value is -1.36. The minimum Gasteiger partial charge on any atom is -0.393 e. The molecule has 0 fully saturated rings. The molecular formula is C11H19N3O2. The lowest BCUT2D eigenvalue weighted by atomic mass is 10.0. The van der Waals surface area contributed by atoms with Gasteiger partial charge in [-0.2, -0.15) is 5.10 Å². The Morgan fingerprint density at radius 2 is 2.31 bits per heavy atom. The van der Waals surface area contributed by atoms with Crippen molar-refractivity contribution in [3.63, 3.8) is 0 Å². The average Bonchev–Trinajstić information content (AvgIpc) is 2.64. The molecule has 1 amide bonds. The van der Waals surface area contributed by atoms with Crippen LogP contribution in [0, 0.1) is 5.92 Å². The van der Waals surface area contributed by atoms with Crippen molar-refractivity contribution in [2.45, 2.75) is 26.4 Å². The van der Waals surface area contributed by atoms with Gasteiger partial charge in [0.05, 0.1) is 17.9 Å². The summed E-state index contributed by atoms with van der Waals surface area (Å²) in [7, 11) is 1.76. The van der Waals surface area contributed by atoms with Crippen LogP contribution in [0.5, 0.6) is 0 Å². The number of carbonyl (C=O) groups is 1. The Kier molecular flexibility index (Phi) is 4.49. The minimum absolute atomic E-state index is 0.149. The van der Waals surface area contributed by atoms with E-state index < -0.39 is 0 Å². The summed E-state index contributed by atoms with van der Waals surface area (Å²) >= 11 is 0. The average molecular weight is 225 g/mol. The molecule has 1 heterocycles. The third kappa shape index (κ3) is 3.66. The van der Waals surface area contributed by atoms with Crippen LogP contribution >= 0.6 is 0 Å². The topological polar surface area (TPSA) is 67.2 Å². The van der Waals surface area contributed by atoms with Crippen molar-refractivity contribution < 1.29 is 9.90 Å². The summed E-state index contributed by atoms with van der Waals surface area (Å²) in [6.45, 7) is 4.38. The summed E-state index contributed by atoms with van der Waals surface area (Å²) < 4.78 is 1.58. The number of aryl methyl sites for hydroxylation is 1. The second kappa shape index (κ2) is 5.65. The zero-order valence-corrected chi connectivity index (χ0v) is 9.97. The van der Waals surface area contributed by atoms with Crippen LogP contribution in [-0.4, -0.2) is 33.4 Å². The maximum atomic E-state index is 11.6. The third-order valence-corrected chi connectivity index (χ3v) is 2.46. The van der Waals surface area contributed by atoms with Crippen molar-refractivity contribution in [2.24, 2.45) is 13.0 Å². The molecule has 0 bridgehead atoms. The summed E-state index contributed by atoms with van der Waals surface area (Å²) in [4.78, 5) is 11.6. The Morgan fingerprint density at radius 1 is 1.62 bits per heavy atom. The fourth-order valence-corrected chi connectivity index (χ4v) is 1.31. The highest BCUT2D eigenvalue weighted by atomic mass is 16.3. The van der Waals surface area contributed by atoms with E-state index in [1.807, 2.05) is 13.8 Å². The van der Waals surface area contributed by atoms with Gasteiger partial charge in [0.25, 0.3) is 5.91 Å². The van der Waals surface area contributed by atoms with Crippen LogP contribution < -0.4 is 5.32 Å². The molecule has 0 saturated heterocycles. The van der Waals surface area contributed by atoms with Crippen molar-refractivity contribution in [1.82, 2.24) is 15.1 Å². The lowest BCUT2D eigenvalue weighted by Crippen LogP contribution is -2.28. The molecule has 0 aromatic carbocycles. The molecule has 90 valence electrons. The van der Waals surface area contributed by atoms with Crippen LogP contribution in [0.15, 0.2) is 12.4 Å². The summed E-state index contributed by atoms with van der Waals surface area (Å²) in [6.07, 6.45) is 3.39. The summed E-state index contributed by atoms with van der Waals surface area (Å²) in [6, 6.07) is 0. The molecule has 0 aliphatic rings. The van der Waals surface area contributed by atoms with E-state index in [0.29, 0.717) is 18.5 Å². The Bertz CT molecular complexity index is 347. The normalized spacial score (nSPS) is 12.8. The van der Waals surface area contributed by atoms with Gasteiger partial charge in [-0.25, -0.2) is 0 Å². The van der Waals surface area contributed by atoms with E-state index in [4.69, 9.17) is 0 Å². The molecule has 1 atom stereocenters. The maximum absolute atomic E-state index is 11.6. The molecule has 1 unspecified atom stereocenters. The van der Waals surface area contributed by atoms with Crippen LogP contribution in [0.3, 0.4) is 0 Å². The first-order chi connectivity index (χ1) is 7.50. The SMILES string of the molecule is CC(C)C(O)CCNC(=O)c1cnn(C)c1. The molecule has 1 aromatic rings. The second-order valence-corrected chi connectivity index (χ2v) is 4.26. The lowest BCUT2D eigenvalue weighted by Gasteiger charge is -2.14. The van der Waals surface area contributed by atoms with Gasteiger partial charge in [0, 0.05) is 19.8 Å². The summed E-state index contributed by atoms with van der Waals surface area (Å²) in [5.41, 5.74) is 0.543. The number of hydrogen-bond acceptors (Lipinski definition) is 3. The molecule has 5 nitrogen and oxygen atoms in total. The van der Waals surface area contributed by atoms with Gasteiger partial charge in [0.15, 0.2) is 0 Å². The van der Waals surface area contributed by atoms with Crippen LogP contribution in [-0.2, 0) is 7.05 Å². The van der Waals surface area contributed by atoms with Crippen molar-refractivity contribution >= 4 is 5.91 Å². The van der Waals surface area contributed by atoms with Gasteiger partial charge in [0.2, 0.25) is 0 Å². The number of nitrogens with zero attached hydrogens (tertiary/aromatic N) is 2. The fraction of sp³-hybridized carbons (Fsp3) is 0.636. The van der Waals surface area contributed by atoms with Crippen LogP contribution in [0.4, 0.5) is 0 Å². The predicted octanol–water partition coefficient (Wildman–Crippen LogP) is 0.557. The van der Waals surface area contributed by atoms with Crippen LogP contribution in [0.1, 0.15) is 30.6 Å². The quantitative estimate of drug-likeness (QED) is 0.769. The molecule has 0 radical (unpaired) electrons. The monoisotopic (exact) mass is 225 g/mol. The smallest absolute Gasteiger partial charge is 0.254 e. The molecule has 0 aliphatic heterocycles. The number of hydrogen-bond donors (Lipinski definition) is 2. The Balaban J connectivity index is 2.31.